The Hall–Kier alpha value is -3.62. The number of pyridine rings is 1. The van der Waals surface area contributed by atoms with Crippen LogP contribution in [0.1, 0.15) is 44.1 Å². The molecule has 32 heavy (non-hydrogen) atoms. The van der Waals surface area contributed by atoms with Crippen LogP contribution in [0.5, 0.6) is 11.5 Å². The molecule has 9 nitrogen and oxygen atoms in total. The van der Waals surface area contributed by atoms with Gasteiger partial charge in [0.25, 0.3) is 5.91 Å². The second kappa shape index (κ2) is 9.67. The van der Waals surface area contributed by atoms with Crippen molar-refractivity contribution >= 4 is 28.5 Å². The van der Waals surface area contributed by atoms with E-state index in [-0.39, 0.29) is 17.9 Å². The predicted molar refractivity (Wildman–Crippen MR) is 122 cm³/mol. The van der Waals surface area contributed by atoms with Crippen LogP contribution in [0, 0.1) is 5.92 Å². The van der Waals surface area contributed by atoms with Crippen LogP contribution in [0.25, 0.3) is 11.0 Å². The molecule has 0 aliphatic rings. The molecule has 0 saturated heterocycles. The molecule has 170 valence electrons. The Labute approximate surface area is 187 Å². The summed E-state index contributed by atoms with van der Waals surface area (Å²) in [6.45, 7) is 7.78. The van der Waals surface area contributed by atoms with Gasteiger partial charge in [-0.1, -0.05) is 13.8 Å². The molecular formula is C23H29N5O4. The van der Waals surface area contributed by atoms with Gasteiger partial charge < -0.3 is 20.1 Å². The third-order valence-electron chi connectivity index (χ3n) is 5.04. The lowest BCUT2D eigenvalue weighted by Crippen LogP contribution is -2.47. The number of rotatable bonds is 8. The van der Waals surface area contributed by atoms with Gasteiger partial charge in [0.15, 0.2) is 5.65 Å². The zero-order valence-corrected chi connectivity index (χ0v) is 19.2. The van der Waals surface area contributed by atoms with Gasteiger partial charge in [-0.25, -0.2) is 9.67 Å². The van der Waals surface area contributed by atoms with E-state index in [1.165, 1.54) is 14.2 Å². The standard InChI is InChI=1S/C23H29N5O4/c1-13(2)20(27-22(29)15-8-18(31-5)10-19(9-15)32-6)23(30)26-17-7-16-11-25-28(14(3)4)21(16)24-12-17/h7-14,20H,1-6H3,(H,26,30)(H,27,29). The summed E-state index contributed by atoms with van der Waals surface area (Å²) in [5, 5.41) is 10.8. The lowest BCUT2D eigenvalue weighted by molar-refractivity contribution is -0.118. The van der Waals surface area contributed by atoms with Gasteiger partial charge >= 0.3 is 0 Å². The minimum Gasteiger partial charge on any atom is -0.497 e. The molecule has 0 aliphatic carbocycles. The van der Waals surface area contributed by atoms with Crippen molar-refractivity contribution in [2.45, 2.75) is 39.8 Å². The van der Waals surface area contributed by atoms with Crippen molar-refractivity contribution in [1.29, 1.82) is 0 Å². The van der Waals surface area contributed by atoms with Crippen LogP contribution in [0.3, 0.4) is 0 Å². The minimum atomic E-state index is -0.756. The number of aromatic nitrogens is 3. The summed E-state index contributed by atoms with van der Waals surface area (Å²) in [6, 6.07) is 6.10. The van der Waals surface area contributed by atoms with Gasteiger partial charge in [-0.15, -0.1) is 0 Å². The number of nitrogens with one attached hydrogen (secondary N) is 2. The van der Waals surface area contributed by atoms with Crippen LogP contribution in [0.2, 0.25) is 0 Å². The van der Waals surface area contributed by atoms with Crippen molar-refractivity contribution in [3.05, 3.63) is 42.2 Å². The summed E-state index contributed by atoms with van der Waals surface area (Å²) in [6.07, 6.45) is 3.31. The largest absolute Gasteiger partial charge is 0.497 e. The van der Waals surface area contributed by atoms with E-state index in [0.29, 0.717) is 22.7 Å². The quantitative estimate of drug-likeness (QED) is 0.557. The molecule has 2 heterocycles. The minimum absolute atomic E-state index is 0.146. The molecule has 9 heteroatoms. The highest BCUT2D eigenvalue weighted by atomic mass is 16.5. The van der Waals surface area contributed by atoms with Crippen LogP contribution in [-0.4, -0.2) is 46.8 Å². The first-order chi connectivity index (χ1) is 15.2. The van der Waals surface area contributed by atoms with Crippen LogP contribution in [0.15, 0.2) is 36.7 Å². The first-order valence-corrected chi connectivity index (χ1v) is 10.4. The molecule has 3 rings (SSSR count). The fourth-order valence-corrected chi connectivity index (χ4v) is 3.30. The monoisotopic (exact) mass is 439 g/mol. The molecule has 0 aliphatic heterocycles. The maximum Gasteiger partial charge on any atom is 0.252 e. The number of benzene rings is 1. The zero-order valence-electron chi connectivity index (χ0n) is 19.2. The molecule has 1 aromatic carbocycles. The summed E-state index contributed by atoms with van der Waals surface area (Å²) in [7, 11) is 3.02. The molecule has 0 radical (unpaired) electrons. The molecule has 2 amide bonds. The van der Waals surface area contributed by atoms with Gasteiger partial charge in [0, 0.05) is 23.1 Å². The first kappa shape index (κ1) is 23.1. The van der Waals surface area contributed by atoms with E-state index in [4.69, 9.17) is 9.47 Å². The highest BCUT2D eigenvalue weighted by Crippen LogP contribution is 2.23. The molecule has 0 spiro atoms. The lowest BCUT2D eigenvalue weighted by atomic mass is 10.0. The highest BCUT2D eigenvalue weighted by molar-refractivity contribution is 6.02. The molecule has 2 aromatic heterocycles. The van der Waals surface area contributed by atoms with Crippen molar-refractivity contribution in [2.75, 3.05) is 19.5 Å². The molecule has 0 bridgehead atoms. The van der Waals surface area contributed by atoms with E-state index in [1.807, 2.05) is 38.4 Å². The van der Waals surface area contributed by atoms with E-state index in [1.54, 1.807) is 30.6 Å². The summed E-state index contributed by atoms with van der Waals surface area (Å²) < 4.78 is 12.3. The van der Waals surface area contributed by atoms with Crippen LogP contribution < -0.4 is 20.1 Å². The summed E-state index contributed by atoms with van der Waals surface area (Å²) >= 11 is 0. The number of carbonyl (C=O) groups is 2. The smallest absolute Gasteiger partial charge is 0.252 e. The van der Waals surface area contributed by atoms with Crippen molar-refractivity contribution < 1.29 is 19.1 Å². The fourth-order valence-electron chi connectivity index (χ4n) is 3.30. The topological polar surface area (TPSA) is 107 Å². The second-order valence-corrected chi connectivity index (χ2v) is 8.11. The zero-order chi connectivity index (χ0) is 23.4. The lowest BCUT2D eigenvalue weighted by Gasteiger charge is -2.22. The van der Waals surface area contributed by atoms with Crippen LogP contribution in [0.4, 0.5) is 5.69 Å². The van der Waals surface area contributed by atoms with Crippen molar-refractivity contribution in [1.82, 2.24) is 20.1 Å². The number of fused-ring (bicyclic) bond motifs is 1. The average molecular weight is 440 g/mol. The third kappa shape index (κ3) is 4.99. The second-order valence-electron chi connectivity index (χ2n) is 8.11. The number of hydrogen-bond acceptors (Lipinski definition) is 6. The van der Waals surface area contributed by atoms with E-state index in [9.17, 15) is 9.59 Å². The molecule has 3 aromatic rings. The van der Waals surface area contributed by atoms with E-state index in [2.05, 4.69) is 20.7 Å². The van der Waals surface area contributed by atoms with E-state index >= 15 is 0 Å². The Morgan fingerprint density at radius 3 is 2.19 bits per heavy atom. The third-order valence-corrected chi connectivity index (χ3v) is 5.04. The van der Waals surface area contributed by atoms with Crippen molar-refractivity contribution in [2.24, 2.45) is 5.92 Å². The summed E-state index contributed by atoms with van der Waals surface area (Å²) in [5.41, 5.74) is 1.62. The van der Waals surface area contributed by atoms with Gasteiger partial charge in [-0.3, -0.25) is 9.59 Å². The Morgan fingerprint density at radius 2 is 1.62 bits per heavy atom. The van der Waals surface area contributed by atoms with Gasteiger partial charge in [0.2, 0.25) is 5.91 Å². The maximum absolute atomic E-state index is 13.0. The molecule has 1 atom stereocenters. The number of ether oxygens (including phenoxy) is 2. The fraction of sp³-hybridized carbons (Fsp3) is 0.391. The number of methoxy groups -OCH3 is 2. The van der Waals surface area contributed by atoms with Crippen molar-refractivity contribution in [3.63, 3.8) is 0 Å². The van der Waals surface area contributed by atoms with Gasteiger partial charge in [0.05, 0.1) is 32.3 Å². The van der Waals surface area contributed by atoms with Gasteiger partial charge in [-0.2, -0.15) is 5.10 Å². The average Bonchev–Trinajstić information content (AvgIpc) is 3.20. The van der Waals surface area contributed by atoms with Crippen LogP contribution in [-0.2, 0) is 4.79 Å². The molecule has 1 unspecified atom stereocenters. The Bertz CT molecular complexity index is 1100. The van der Waals surface area contributed by atoms with Crippen LogP contribution >= 0.6 is 0 Å². The summed E-state index contributed by atoms with van der Waals surface area (Å²) in [5.74, 6) is 0.0954. The Balaban J connectivity index is 1.77. The van der Waals surface area contributed by atoms with E-state index in [0.717, 1.165) is 11.0 Å². The van der Waals surface area contributed by atoms with E-state index < -0.39 is 11.9 Å². The molecular weight excluding hydrogens is 410 g/mol. The number of hydrogen-bond donors (Lipinski definition) is 2. The SMILES string of the molecule is COc1cc(OC)cc(C(=O)NC(C(=O)Nc2cnc3c(cnn3C(C)C)c2)C(C)C)c1. The Morgan fingerprint density at radius 1 is 0.969 bits per heavy atom. The summed E-state index contributed by atoms with van der Waals surface area (Å²) in [4.78, 5) is 30.3. The molecule has 0 fully saturated rings. The Kier molecular flexibility index (Phi) is 6.97. The van der Waals surface area contributed by atoms with Gasteiger partial charge in [0.1, 0.15) is 17.5 Å². The number of carbonyl (C=O) groups excluding carboxylic acids is 2. The predicted octanol–water partition coefficient (Wildman–Crippen LogP) is 3.42. The molecule has 0 saturated carbocycles. The number of nitrogens with zero attached hydrogens (tertiary/aromatic N) is 3. The molecule has 2 N–H and O–H groups in total. The normalized spacial score (nSPS) is 12.1. The highest BCUT2D eigenvalue weighted by Gasteiger charge is 2.25. The maximum atomic E-state index is 13.0. The number of anilines is 1. The number of amides is 2. The van der Waals surface area contributed by atoms with Gasteiger partial charge in [-0.05, 0) is 38.0 Å². The first-order valence-electron chi connectivity index (χ1n) is 10.4. The van der Waals surface area contributed by atoms with Crippen molar-refractivity contribution in [3.8, 4) is 11.5 Å².